The first-order chi connectivity index (χ1) is 9.20. The van der Waals surface area contributed by atoms with Crippen molar-refractivity contribution in [3.05, 3.63) is 15.0 Å². The molecule has 0 saturated carbocycles. The Bertz CT molecular complexity index is 500. The Morgan fingerprint density at radius 3 is 2.85 bits per heavy atom. The molecule has 1 saturated heterocycles. The number of halogens is 1. The van der Waals surface area contributed by atoms with Gasteiger partial charge in [0.15, 0.2) is 0 Å². The van der Waals surface area contributed by atoms with Crippen molar-refractivity contribution in [2.45, 2.75) is 44.8 Å². The highest BCUT2D eigenvalue weighted by atomic mass is 79.9. The second-order valence-electron chi connectivity index (χ2n) is 6.01. The van der Waals surface area contributed by atoms with Crippen LogP contribution in [0, 0.1) is 0 Å². The van der Waals surface area contributed by atoms with Gasteiger partial charge in [-0.15, -0.1) is 11.3 Å². The highest BCUT2D eigenvalue weighted by Crippen LogP contribution is 2.34. The summed E-state index contributed by atoms with van der Waals surface area (Å²) in [6.07, 6.45) is 0.949. The molecule has 2 heterocycles. The Labute approximate surface area is 131 Å². The molecule has 1 atom stereocenters. The Morgan fingerprint density at radius 1 is 1.60 bits per heavy atom. The molecule has 1 fully saturated rings. The van der Waals surface area contributed by atoms with E-state index >= 15 is 0 Å². The second kappa shape index (κ2) is 5.61. The largest absolute Gasteiger partial charge is 0.444 e. The van der Waals surface area contributed by atoms with Crippen LogP contribution in [0.4, 0.5) is 4.79 Å². The number of aromatic nitrogens is 1. The number of likely N-dealkylation sites (tertiary alicyclic amines) is 1. The summed E-state index contributed by atoms with van der Waals surface area (Å²) in [5.41, 5.74) is -1.61. The van der Waals surface area contributed by atoms with Crippen LogP contribution in [0.1, 0.15) is 38.6 Å². The number of carbonyl (C=O) groups is 1. The van der Waals surface area contributed by atoms with Crippen molar-refractivity contribution in [2.24, 2.45) is 0 Å². The van der Waals surface area contributed by atoms with E-state index in [1.807, 2.05) is 26.2 Å². The minimum atomic E-state index is -1.08. The first kappa shape index (κ1) is 15.7. The average Bonchev–Trinajstić information content (AvgIpc) is 2.74. The highest BCUT2D eigenvalue weighted by molar-refractivity contribution is 9.10. The number of aliphatic hydroxyl groups is 1. The van der Waals surface area contributed by atoms with Crippen LogP contribution in [-0.4, -0.2) is 39.8 Å². The maximum Gasteiger partial charge on any atom is 0.410 e. The third-order valence-corrected chi connectivity index (χ3v) is 4.74. The molecule has 1 aromatic heterocycles. The number of thiazole rings is 1. The van der Waals surface area contributed by atoms with Crippen molar-refractivity contribution in [1.29, 1.82) is 0 Å². The third kappa shape index (κ3) is 3.71. The minimum absolute atomic E-state index is 0.224. The van der Waals surface area contributed by atoms with Gasteiger partial charge in [0.25, 0.3) is 0 Å². The molecule has 2 rings (SSSR count). The predicted octanol–water partition coefficient (Wildman–Crippen LogP) is 3.12. The van der Waals surface area contributed by atoms with E-state index in [1.165, 1.54) is 11.3 Å². The number of ether oxygens (including phenoxy) is 1. The van der Waals surface area contributed by atoms with E-state index in [9.17, 15) is 9.90 Å². The molecule has 5 nitrogen and oxygen atoms in total. The number of amides is 1. The molecule has 0 aliphatic carbocycles. The highest BCUT2D eigenvalue weighted by Gasteiger charge is 2.40. The minimum Gasteiger partial charge on any atom is -0.444 e. The van der Waals surface area contributed by atoms with Crippen molar-refractivity contribution in [3.8, 4) is 0 Å². The summed E-state index contributed by atoms with van der Waals surface area (Å²) in [6.45, 7) is 6.32. The molecule has 1 unspecified atom stereocenters. The maximum atomic E-state index is 12.1. The van der Waals surface area contributed by atoms with Crippen molar-refractivity contribution in [1.82, 2.24) is 9.88 Å². The molecule has 0 aromatic carbocycles. The van der Waals surface area contributed by atoms with Crippen LogP contribution in [0.3, 0.4) is 0 Å². The molecular formula is C13H19BrN2O3S. The maximum absolute atomic E-state index is 12.1. The molecule has 112 valence electrons. The second-order valence-corrected chi connectivity index (χ2v) is 7.68. The van der Waals surface area contributed by atoms with Gasteiger partial charge in [-0.25, -0.2) is 9.78 Å². The summed E-state index contributed by atoms with van der Waals surface area (Å²) in [7, 11) is 0. The Balaban J connectivity index is 2.10. The van der Waals surface area contributed by atoms with Crippen molar-refractivity contribution < 1.29 is 14.6 Å². The zero-order chi connectivity index (χ0) is 15.0. The van der Waals surface area contributed by atoms with Gasteiger partial charge in [-0.3, -0.25) is 0 Å². The van der Waals surface area contributed by atoms with Gasteiger partial charge >= 0.3 is 6.09 Å². The zero-order valence-corrected chi connectivity index (χ0v) is 14.3. The summed E-state index contributed by atoms with van der Waals surface area (Å²) in [5, 5.41) is 13.2. The summed E-state index contributed by atoms with van der Waals surface area (Å²) in [4.78, 5) is 17.9. The smallest absolute Gasteiger partial charge is 0.410 e. The number of β-amino-alcohol motifs (C(OH)–C–C–N with tert-alkyl or cyclic N) is 1. The van der Waals surface area contributed by atoms with E-state index < -0.39 is 11.2 Å². The number of nitrogens with zero attached hydrogens (tertiary/aromatic N) is 2. The van der Waals surface area contributed by atoms with Crippen LogP contribution in [0.2, 0.25) is 0 Å². The van der Waals surface area contributed by atoms with Gasteiger partial charge in [0.2, 0.25) is 0 Å². The summed E-state index contributed by atoms with van der Waals surface area (Å²) < 4.78 is 6.07. The first-order valence-electron chi connectivity index (χ1n) is 6.51. The topological polar surface area (TPSA) is 62.7 Å². The average molecular weight is 363 g/mol. The lowest BCUT2D eigenvalue weighted by Gasteiger charge is -2.38. The van der Waals surface area contributed by atoms with Crippen LogP contribution in [-0.2, 0) is 10.3 Å². The van der Waals surface area contributed by atoms with Crippen molar-refractivity contribution in [3.63, 3.8) is 0 Å². The van der Waals surface area contributed by atoms with Gasteiger partial charge in [0.1, 0.15) is 20.8 Å². The zero-order valence-electron chi connectivity index (χ0n) is 11.9. The van der Waals surface area contributed by atoms with E-state index in [1.54, 1.807) is 4.90 Å². The SMILES string of the molecule is CC(C)(C)OC(=O)N1CCCC(O)(c2nc(Br)cs2)C1. The number of hydrogen-bond donors (Lipinski definition) is 1. The van der Waals surface area contributed by atoms with Gasteiger partial charge in [-0.05, 0) is 49.5 Å². The van der Waals surface area contributed by atoms with Crippen LogP contribution in [0.25, 0.3) is 0 Å². The number of rotatable bonds is 1. The van der Waals surface area contributed by atoms with Crippen molar-refractivity contribution >= 4 is 33.4 Å². The van der Waals surface area contributed by atoms with Crippen LogP contribution < -0.4 is 0 Å². The fourth-order valence-electron chi connectivity index (χ4n) is 2.16. The van der Waals surface area contributed by atoms with Crippen LogP contribution in [0.15, 0.2) is 9.98 Å². The standard InChI is InChI=1S/C13H19BrN2O3S/c1-12(2,3)19-11(17)16-6-4-5-13(18,8-16)10-15-9(14)7-20-10/h7,18H,4-6,8H2,1-3H3. The fraction of sp³-hybridized carbons (Fsp3) is 0.692. The summed E-state index contributed by atoms with van der Waals surface area (Å²) in [5.74, 6) is 0. The van der Waals surface area contributed by atoms with Gasteiger partial charge in [-0.2, -0.15) is 0 Å². The van der Waals surface area contributed by atoms with Crippen LogP contribution in [0.5, 0.6) is 0 Å². The number of hydrogen-bond acceptors (Lipinski definition) is 5. The van der Waals surface area contributed by atoms with Gasteiger partial charge < -0.3 is 14.7 Å². The van der Waals surface area contributed by atoms with Crippen LogP contribution >= 0.6 is 27.3 Å². The Kier molecular flexibility index (Phi) is 4.41. The number of carbonyl (C=O) groups excluding carboxylic acids is 1. The van der Waals surface area contributed by atoms with E-state index in [0.717, 1.165) is 6.42 Å². The lowest BCUT2D eigenvalue weighted by molar-refractivity contribution is -0.0466. The molecule has 1 amide bonds. The molecule has 20 heavy (non-hydrogen) atoms. The monoisotopic (exact) mass is 362 g/mol. The third-order valence-electron chi connectivity index (χ3n) is 3.00. The van der Waals surface area contributed by atoms with Gasteiger partial charge in [-0.1, -0.05) is 0 Å². The number of piperidine rings is 1. The summed E-state index contributed by atoms with van der Waals surface area (Å²) in [6, 6.07) is 0. The summed E-state index contributed by atoms with van der Waals surface area (Å²) >= 11 is 4.68. The van der Waals surface area contributed by atoms with Gasteiger partial charge in [0.05, 0.1) is 6.54 Å². The van der Waals surface area contributed by atoms with E-state index in [0.29, 0.717) is 22.6 Å². The van der Waals surface area contributed by atoms with Gasteiger partial charge in [0, 0.05) is 11.9 Å². The Hall–Kier alpha value is -0.660. The van der Waals surface area contributed by atoms with Crippen molar-refractivity contribution in [2.75, 3.05) is 13.1 Å². The molecule has 1 aromatic rings. The predicted molar refractivity (Wildman–Crippen MR) is 80.8 cm³/mol. The first-order valence-corrected chi connectivity index (χ1v) is 8.19. The lowest BCUT2D eigenvalue weighted by atomic mass is 9.94. The van der Waals surface area contributed by atoms with E-state index in [-0.39, 0.29) is 12.6 Å². The Morgan fingerprint density at radius 2 is 2.30 bits per heavy atom. The quantitative estimate of drug-likeness (QED) is 0.833. The lowest BCUT2D eigenvalue weighted by Crippen LogP contribution is -2.49. The molecule has 1 aliphatic heterocycles. The molecule has 0 radical (unpaired) electrons. The van der Waals surface area contributed by atoms with E-state index in [4.69, 9.17) is 4.74 Å². The molecular weight excluding hydrogens is 344 g/mol. The molecule has 1 N–H and O–H groups in total. The normalized spacial score (nSPS) is 23.8. The molecule has 0 spiro atoms. The van der Waals surface area contributed by atoms with E-state index in [2.05, 4.69) is 20.9 Å². The fourth-order valence-corrected chi connectivity index (χ4v) is 3.53. The molecule has 7 heteroatoms. The molecule has 1 aliphatic rings. The molecule has 0 bridgehead atoms.